The predicted octanol–water partition coefficient (Wildman–Crippen LogP) is 0.112. The van der Waals surface area contributed by atoms with Crippen LogP contribution in [0.3, 0.4) is 0 Å². The summed E-state index contributed by atoms with van der Waals surface area (Å²) in [7, 11) is -1.29. The second-order valence-electron chi connectivity index (χ2n) is 4.94. The molecule has 0 amide bonds. The van der Waals surface area contributed by atoms with E-state index in [2.05, 4.69) is 9.62 Å². The number of nitrogens with zero attached hydrogens (tertiary/aromatic N) is 1. The summed E-state index contributed by atoms with van der Waals surface area (Å²) in [4.78, 5) is 12.5. The van der Waals surface area contributed by atoms with E-state index in [1.807, 2.05) is 7.05 Å². The number of hydrogen-bond donors (Lipinski definition) is 2. The van der Waals surface area contributed by atoms with E-state index < -0.39 is 16.0 Å². The minimum Gasteiger partial charge on any atom is -0.481 e. The van der Waals surface area contributed by atoms with Gasteiger partial charge in [0.1, 0.15) is 0 Å². The topological polar surface area (TPSA) is 86.7 Å². The molecule has 1 saturated heterocycles. The molecule has 0 aromatic heterocycles. The molecule has 1 rings (SSSR count). The molecule has 0 aliphatic carbocycles. The number of piperidine rings is 1. The van der Waals surface area contributed by atoms with Crippen molar-refractivity contribution in [3.63, 3.8) is 0 Å². The zero-order chi connectivity index (χ0) is 13.6. The van der Waals surface area contributed by atoms with Gasteiger partial charge in [-0.1, -0.05) is 0 Å². The predicted molar refractivity (Wildman–Crippen MR) is 68.9 cm³/mol. The van der Waals surface area contributed by atoms with Crippen LogP contribution in [0.25, 0.3) is 0 Å². The average molecular weight is 278 g/mol. The van der Waals surface area contributed by atoms with Gasteiger partial charge in [-0.05, 0) is 38.8 Å². The lowest BCUT2D eigenvalue weighted by molar-refractivity contribution is -0.137. The van der Waals surface area contributed by atoms with E-state index in [1.165, 1.54) is 0 Å². The summed E-state index contributed by atoms with van der Waals surface area (Å²) in [5.74, 6) is -0.709. The third-order valence-corrected chi connectivity index (χ3v) is 4.55. The second-order valence-corrected chi connectivity index (χ2v) is 6.86. The van der Waals surface area contributed by atoms with Crippen molar-refractivity contribution in [3.8, 4) is 0 Å². The summed E-state index contributed by atoms with van der Waals surface area (Å²) in [6, 6.07) is 0. The van der Waals surface area contributed by atoms with Crippen LogP contribution in [-0.2, 0) is 14.8 Å². The standard InChI is InChI=1S/C11H22N2O4S/c1-13-6-2-4-10(9-13)8-12-18(16,17)7-3-5-11(14)15/h10,12H,2-9H2,1H3,(H,14,15). The summed E-state index contributed by atoms with van der Waals surface area (Å²) in [5.41, 5.74) is 0. The molecular formula is C11H22N2O4S. The van der Waals surface area contributed by atoms with E-state index in [1.54, 1.807) is 0 Å². The van der Waals surface area contributed by atoms with Crippen LogP contribution in [0.1, 0.15) is 25.7 Å². The molecule has 18 heavy (non-hydrogen) atoms. The normalized spacial score (nSPS) is 21.9. The number of nitrogens with one attached hydrogen (secondary N) is 1. The molecule has 1 atom stereocenters. The fourth-order valence-electron chi connectivity index (χ4n) is 2.17. The lowest BCUT2D eigenvalue weighted by Gasteiger charge is -2.29. The Labute approximate surface area is 108 Å². The van der Waals surface area contributed by atoms with Gasteiger partial charge in [-0.3, -0.25) is 4.79 Å². The van der Waals surface area contributed by atoms with Gasteiger partial charge >= 0.3 is 5.97 Å². The number of likely N-dealkylation sites (tertiary alicyclic amines) is 1. The first kappa shape index (κ1) is 15.4. The number of carboxylic acid groups (broad SMARTS) is 1. The van der Waals surface area contributed by atoms with Crippen LogP contribution in [0.2, 0.25) is 0 Å². The van der Waals surface area contributed by atoms with Crippen molar-refractivity contribution in [2.75, 3.05) is 32.4 Å². The zero-order valence-corrected chi connectivity index (χ0v) is 11.6. The highest BCUT2D eigenvalue weighted by atomic mass is 32.2. The largest absolute Gasteiger partial charge is 0.481 e. The molecule has 1 aliphatic rings. The number of aliphatic carboxylic acids is 1. The van der Waals surface area contributed by atoms with Crippen molar-refractivity contribution in [3.05, 3.63) is 0 Å². The summed E-state index contributed by atoms with van der Waals surface area (Å²) in [6.07, 6.45) is 2.20. The number of sulfonamides is 1. The van der Waals surface area contributed by atoms with Crippen LogP contribution in [0.15, 0.2) is 0 Å². The molecule has 1 aliphatic heterocycles. The number of rotatable bonds is 7. The van der Waals surface area contributed by atoms with Gasteiger partial charge in [-0.15, -0.1) is 0 Å². The Hall–Kier alpha value is -0.660. The van der Waals surface area contributed by atoms with E-state index in [0.717, 1.165) is 25.9 Å². The maximum absolute atomic E-state index is 11.6. The number of hydrogen-bond acceptors (Lipinski definition) is 4. The van der Waals surface area contributed by atoms with Crippen molar-refractivity contribution >= 4 is 16.0 Å². The molecular weight excluding hydrogens is 256 g/mol. The third kappa shape index (κ3) is 6.32. The molecule has 0 radical (unpaired) electrons. The lowest BCUT2D eigenvalue weighted by atomic mass is 9.99. The molecule has 2 N–H and O–H groups in total. The second kappa shape index (κ2) is 7.06. The van der Waals surface area contributed by atoms with E-state index in [0.29, 0.717) is 12.5 Å². The van der Waals surface area contributed by atoms with Gasteiger partial charge in [0.25, 0.3) is 0 Å². The van der Waals surface area contributed by atoms with E-state index in [-0.39, 0.29) is 18.6 Å². The van der Waals surface area contributed by atoms with Crippen LogP contribution in [0.4, 0.5) is 0 Å². The Balaban J connectivity index is 2.25. The van der Waals surface area contributed by atoms with Gasteiger partial charge in [0, 0.05) is 19.5 Å². The first-order chi connectivity index (χ1) is 8.39. The maximum atomic E-state index is 11.6. The first-order valence-corrected chi connectivity index (χ1v) is 7.92. The van der Waals surface area contributed by atoms with E-state index in [9.17, 15) is 13.2 Å². The fourth-order valence-corrected chi connectivity index (χ4v) is 3.33. The molecule has 0 saturated carbocycles. The Bertz CT molecular complexity index is 369. The van der Waals surface area contributed by atoms with Gasteiger partial charge in [0.05, 0.1) is 5.75 Å². The van der Waals surface area contributed by atoms with Gasteiger partial charge in [-0.25, -0.2) is 13.1 Å². The summed E-state index contributed by atoms with van der Waals surface area (Å²) in [5, 5.41) is 8.45. The first-order valence-electron chi connectivity index (χ1n) is 6.27. The van der Waals surface area contributed by atoms with Crippen molar-refractivity contribution in [2.45, 2.75) is 25.7 Å². The van der Waals surface area contributed by atoms with Gasteiger partial charge in [-0.2, -0.15) is 0 Å². The smallest absolute Gasteiger partial charge is 0.303 e. The highest BCUT2D eigenvalue weighted by Crippen LogP contribution is 2.14. The minimum absolute atomic E-state index is 0.104. The molecule has 1 heterocycles. The van der Waals surface area contributed by atoms with Gasteiger partial charge < -0.3 is 10.0 Å². The van der Waals surface area contributed by atoms with Crippen LogP contribution in [-0.4, -0.2) is 56.8 Å². The summed E-state index contributed by atoms with van der Waals surface area (Å²) in [6.45, 7) is 2.44. The van der Waals surface area contributed by atoms with E-state index >= 15 is 0 Å². The molecule has 1 fully saturated rings. The molecule has 6 nitrogen and oxygen atoms in total. The Morgan fingerprint density at radius 3 is 2.83 bits per heavy atom. The molecule has 0 aromatic rings. The molecule has 0 spiro atoms. The SMILES string of the molecule is CN1CCCC(CNS(=O)(=O)CCCC(=O)O)C1. The maximum Gasteiger partial charge on any atom is 0.303 e. The van der Waals surface area contributed by atoms with Crippen molar-refractivity contribution in [1.29, 1.82) is 0 Å². The highest BCUT2D eigenvalue weighted by molar-refractivity contribution is 7.89. The number of carboxylic acids is 1. The van der Waals surface area contributed by atoms with Crippen LogP contribution < -0.4 is 4.72 Å². The summed E-state index contributed by atoms with van der Waals surface area (Å²) < 4.78 is 25.8. The zero-order valence-electron chi connectivity index (χ0n) is 10.8. The monoisotopic (exact) mass is 278 g/mol. The van der Waals surface area contributed by atoms with Gasteiger partial charge in [0.2, 0.25) is 10.0 Å². The van der Waals surface area contributed by atoms with Crippen molar-refractivity contribution < 1.29 is 18.3 Å². The molecule has 0 aromatic carbocycles. The van der Waals surface area contributed by atoms with Crippen LogP contribution in [0, 0.1) is 5.92 Å². The van der Waals surface area contributed by atoms with Crippen molar-refractivity contribution in [1.82, 2.24) is 9.62 Å². The van der Waals surface area contributed by atoms with Gasteiger partial charge in [0.15, 0.2) is 0 Å². The highest BCUT2D eigenvalue weighted by Gasteiger charge is 2.19. The van der Waals surface area contributed by atoms with E-state index in [4.69, 9.17) is 5.11 Å². The molecule has 0 bridgehead atoms. The quantitative estimate of drug-likeness (QED) is 0.690. The Kier molecular flexibility index (Phi) is 6.04. The summed E-state index contributed by atoms with van der Waals surface area (Å²) >= 11 is 0. The van der Waals surface area contributed by atoms with Crippen molar-refractivity contribution in [2.24, 2.45) is 5.92 Å². The van der Waals surface area contributed by atoms with Crippen LogP contribution in [0.5, 0.6) is 0 Å². The Morgan fingerprint density at radius 1 is 1.50 bits per heavy atom. The third-order valence-electron chi connectivity index (χ3n) is 3.12. The molecule has 7 heteroatoms. The minimum atomic E-state index is -3.33. The van der Waals surface area contributed by atoms with Crippen LogP contribution >= 0.6 is 0 Å². The Morgan fingerprint density at radius 2 is 2.22 bits per heavy atom. The fraction of sp³-hybridized carbons (Fsp3) is 0.909. The molecule has 1 unspecified atom stereocenters. The number of carbonyl (C=O) groups is 1. The average Bonchev–Trinajstić information content (AvgIpc) is 2.26. The molecule has 106 valence electrons. The lowest BCUT2D eigenvalue weighted by Crippen LogP contribution is -2.39.